The Kier molecular flexibility index (Phi) is 5.76. The number of hydrogen-bond donors (Lipinski definition) is 1. The summed E-state index contributed by atoms with van der Waals surface area (Å²) in [4.78, 5) is 23.7. The smallest absolute Gasteiger partial charge is 0.311 e. The highest BCUT2D eigenvalue weighted by Gasteiger charge is 2.29. The Labute approximate surface area is 174 Å². The molecule has 1 atom stereocenters. The van der Waals surface area contributed by atoms with Gasteiger partial charge in [0.2, 0.25) is 0 Å². The SMILES string of the molecule is O=C(CCCC1CC1)c1ccc(Oc2cc3c(cc2Cl)C(C(=O)O)CCO3)cc1. The molecule has 0 spiro atoms. The number of aliphatic carboxylic acids is 1. The summed E-state index contributed by atoms with van der Waals surface area (Å²) in [6.07, 6.45) is 5.71. The molecule has 0 aromatic heterocycles. The minimum atomic E-state index is -0.892. The highest BCUT2D eigenvalue weighted by molar-refractivity contribution is 6.32. The van der Waals surface area contributed by atoms with Crippen LogP contribution >= 0.6 is 11.6 Å². The van der Waals surface area contributed by atoms with Crippen molar-refractivity contribution >= 4 is 23.4 Å². The number of rotatable bonds is 8. The van der Waals surface area contributed by atoms with Crippen LogP contribution < -0.4 is 9.47 Å². The molecule has 152 valence electrons. The Morgan fingerprint density at radius 3 is 2.59 bits per heavy atom. The number of hydrogen-bond acceptors (Lipinski definition) is 4. The van der Waals surface area contributed by atoms with E-state index >= 15 is 0 Å². The Bertz CT molecular complexity index is 918. The van der Waals surface area contributed by atoms with Crippen molar-refractivity contribution in [3.8, 4) is 17.2 Å². The maximum atomic E-state index is 12.3. The van der Waals surface area contributed by atoms with Crippen molar-refractivity contribution in [1.29, 1.82) is 0 Å². The van der Waals surface area contributed by atoms with Gasteiger partial charge in [-0.25, -0.2) is 0 Å². The van der Waals surface area contributed by atoms with Crippen LogP contribution in [0.1, 0.15) is 60.4 Å². The molecule has 0 bridgehead atoms. The average Bonchev–Trinajstić information content (AvgIpc) is 3.53. The van der Waals surface area contributed by atoms with Crippen LogP contribution in [0.4, 0.5) is 0 Å². The Hall–Kier alpha value is -2.53. The van der Waals surface area contributed by atoms with Crippen LogP contribution in [0.5, 0.6) is 17.2 Å². The van der Waals surface area contributed by atoms with Gasteiger partial charge < -0.3 is 14.6 Å². The van der Waals surface area contributed by atoms with Crippen LogP contribution in [0.3, 0.4) is 0 Å². The molecule has 0 amide bonds. The first kappa shape index (κ1) is 19.8. The fraction of sp³-hybridized carbons (Fsp3) is 0.391. The summed E-state index contributed by atoms with van der Waals surface area (Å²) in [5.74, 6) is 0.886. The highest BCUT2D eigenvalue weighted by atomic mass is 35.5. The molecule has 1 fully saturated rings. The molecule has 1 saturated carbocycles. The second-order valence-corrected chi connectivity index (χ2v) is 8.14. The van der Waals surface area contributed by atoms with Crippen LogP contribution in [-0.2, 0) is 4.79 Å². The van der Waals surface area contributed by atoms with Gasteiger partial charge in [-0.2, -0.15) is 0 Å². The van der Waals surface area contributed by atoms with E-state index in [2.05, 4.69) is 0 Å². The van der Waals surface area contributed by atoms with E-state index in [1.165, 1.54) is 12.8 Å². The van der Waals surface area contributed by atoms with Crippen LogP contribution in [0.15, 0.2) is 36.4 Å². The van der Waals surface area contributed by atoms with E-state index in [1.54, 1.807) is 36.4 Å². The number of benzene rings is 2. The molecule has 0 saturated heterocycles. The fourth-order valence-electron chi connectivity index (χ4n) is 3.66. The lowest BCUT2D eigenvalue weighted by atomic mass is 9.93. The third-order valence-electron chi connectivity index (χ3n) is 5.52. The summed E-state index contributed by atoms with van der Waals surface area (Å²) in [6.45, 7) is 0.336. The topological polar surface area (TPSA) is 72.8 Å². The third kappa shape index (κ3) is 4.73. The number of ether oxygens (including phenoxy) is 2. The monoisotopic (exact) mass is 414 g/mol. The Morgan fingerprint density at radius 2 is 1.90 bits per heavy atom. The molecule has 29 heavy (non-hydrogen) atoms. The molecule has 6 heteroatoms. The zero-order chi connectivity index (χ0) is 20.4. The van der Waals surface area contributed by atoms with Gasteiger partial charge in [-0.3, -0.25) is 9.59 Å². The van der Waals surface area contributed by atoms with E-state index in [0.717, 1.165) is 18.8 Å². The second-order valence-electron chi connectivity index (χ2n) is 7.73. The number of carbonyl (C=O) groups excluding carboxylic acids is 1. The number of carboxylic acid groups (broad SMARTS) is 1. The maximum Gasteiger partial charge on any atom is 0.311 e. The number of ketones is 1. The van der Waals surface area contributed by atoms with Crippen molar-refractivity contribution in [3.63, 3.8) is 0 Å². The fourth-order valence-corrected chi connectivity index (χ4v) is 3.87. The largest absolute Gasteiger partial charge is 0.493 e. The number of carboxylic acids is 1. The third-order valence-corrected chi connectivity index (χ3v) is 5.81. The van der Waals surface area contributed by atoms with Gasteiger partial charge in [-0.15, -0.1) is 0 Å². The van der Waals surface area contributed by atoms with Crippen LogP contribution in [0.25, 0.3) is 0 Å². The average molecular weight is 415 g/mol. The van der Waals surface area contributed by atoms with Gasteiger partial charge in [0, 0.05) is 23.6 Å². The number of fused-ring (bicyclic) bond motifs is 1. The van der Waals surface area contributed by atoms with Crippen LogP contribution in [0, 0.1) is 5.92 Å². The van der Waals surface area contributed by atoms with Gasteiger partial charge in [0.05, 0.1) is 17.5 Å². The van der Waals surface area contributed by atoms with Crippen molar-refractivity contribution in [2.75, 3.05) is 6.61 Å². The zero-order valence-corrected chi connectivity index (χ0v) is 16.8. The minimum Gasteiger partial charge on any atom is -0.493 e. The predicted octanol–water partition coefficient (Wildman–Crippen LogP) is 5.85. The molecule has 2 aromatic rings. The van der Waals surface area contributed by atoms with Crippen LogP contribution in [-0.4, -0.2) is 23.5 Å². The first-order valence-corrected chi connectivity index (χ1v) is 10.4. The molecule has 4 rings (SSSR count). The van der Waals surface area contributed by atoms with Crippen molar-refractivity contribution in [2.24, 2.45) is 5.92 Å². The lowest BCUT2D eigenvalue weighted by molar-refractivity contribution is -0.139. The summed E-state index contributed by atoms with van der Waals surface area (Å²) < 4.78 is 11.5. The molecule has 1 heterocycles. The molecule has 5 nitrogen and oxygen atoms in total. The van der Waals surface area contributed by atoms with Crippen molar-refractivity contribution in [3.05, 3.63) is 52.5 Å². The van der Waals surface area contributed by atoms with Crippen molar-refractivity contribution in [1.82, 2.24) is 0 Å². The van der Waals surface area contributed by atoms with Crippen molar-refractivity contribution < 1.29 is 24.2 Å². The summed E-state index contributed by atoms with van der Waals surface area (Å²) in [7, 11) is 0. The normalized spacial score (nSPS) is 17.9. The standard InChI is InChI=1S/C23H23ClO5/c24-19-12-18-17(23(26)27)10-11-28-21(18)13-22(19)29-16-8-6-15(7-9-16)20(25)3-1-2-14-4-5-14/h6-9,12-14,17H,1-5,10-11H2,(H,26,27). The lowest BCUT2D eigenvalue weighted by Crippen LogP contribution is -2.20. The molecule has 1 N–H and O–H groups in total. The first-order chi connectivity index (χ1) is 14.0. The highest BCUT2D eigenvalue weighted by Crippen LogP contribution is 2.42. The second kappa shape index (κ2) is 8.46. The maximum absolute atomic E-state index is 12.3. The molecule has 1 unspecified atom stereocenters. The Morgan fingerprint density at radius 1 is 1.14 bits per heavy atom. The first-order valence-electron chi connectivity index (χ1n) is 10.0. The lowest BCUT2D eigenvalue weighted by Gasteiger charge is -2.24. The molecule has 1 aliphatic carbocycles. The van der Waals surface area contributed by atoms with E-state index in [-0.39, 0.29) is 5.78 Å². The van der Waals surface area contributed by atoms with Gasteiger partial charge >= 0.3 is 5.97 Å². The van der Waals surface area contributed by atoms with Gasteiger partial charge in [-0.1, -0.05) is 30.9 Å². The quantitative estimate of drug-likeness (QED) is 0.549. The molecule has 2 aromatic carbocycles. The number of halogens is 1. The van der Waals surface area contributed by atoms with Gasteiger partial charge in [0.25, 0.3) is 0 Å². The minimum absolute atomic E-state index is 0.150. The summed E-state index contributed by atoms with van der Waals surface area (Å²) >= 11 is 6.32. The molecular weight excluding hydrogens is 392 g/mol. The molecule has 0 radical (unpaired) electrons. The Balaban J connectivity index is 1.43. The zero-order valence-electron chi connectivity index (χ0n) is 16.0. The molecule has 1 aliphatic heterocycles. The van der Waals surface area contributed by atoms with E-state index < -0.39 is 11.9 Å². The molecule has 2 aliphatic rings. The van der Waals surface area contributed by atoms with Crippen LogP contribution in [0.2, 0.25) is 5.02 Å². The summed E-state index contributed by atoms with van der Waals surface area (Å²) in [5.41, 5.74) is 1.24. The van der Waals surface area contributed by atoms with Gasteiger partial charge in [0.1, 0.15) is 17.2 Å². The van der Waals surface area contributed by atoms with Gasteiger partial charge in [0.15, 0.2) is 5.78 Å². The number of carbonyl (C=O) groups is 2. The van der Waals surface area contributed by atoms with Crippen molar-refractivity contribution in [2.45, 2.75) is 44.4 Å². The van der Waals surface area contributed by atoms with E-state index in [9.17, 15) is 14.7 Å². The summed E-state index contributed by atoms with van der Waals surface area (Å²) in [5, 5.41) is 9.70. The van der Waals surface area contributed by atoms with E-state index in [4.69, 9.17) is 21.1 Å². The van der Waals surface area contributed by atoms with E-state index in [1.807, 2.05) is 0 Å². The van der Waals surface area contributed by atoms with E-state index in [0.29, 0.717) is 52.8 Å². The van der Waals surface area contributed by atoms with Gasteiger partial charge in [-0.05, 0) is 49.1 Å². The predicted molar refractivity (Wildman–Crippen MR) is 109 cm³/mol. The molecular formula is C23H23ClO5. The number of Topliss-reactive ketones (excluding diaryl/α,β-unsaturated/α-hetero) is 1. The summed E-state index contributed by atoms with van der Waals surface area (Å²) in [6, 6.07) is 10.2.